The molecule has 2 N–H and O–H groups in total. The summed E-state index contributed by atoms with van der Waals surface area (Å²) in [5, 5.41) is 11.9. The number of unbranched alkanes of at least 4 members (excludes halogenated alkanes) is 1. The van der Waals surface area contributed by atoms with Crippen LogP contribution in [-0.2, 0) is 16.0 Å². The number of thiazole rings is 1. The lowest BCUT2D eigenvalue weighted by molar-refractivity contribution is -0.119. The molecular weight excluding hydrogens is 256 g/mol. The SMILES string of the molecule is CCCCc1nc(NC(=O)COC)sc1C(=O)O. The molecule has 0 spiro atoms. The predicted molar refractivity (Wildman–Crippen MR) is 68.2 cm³/mol. The van der Waals surface area contributed by atoms with E-state index in [2.05, 4.69) is 15.0 Å². The summed E-state index contributed by atoms with van der Waals surface area (Å²) in [6.45, 7) is 1.94. The van der Waals surface area contributed by atoms with E-state index in [4.69, 9.17) is 5.11 Å². The van der Waals surface area contributed by atoms with Gasteiger partial charge in [-0.25, -0.2) is 9.78 Å². The number of ether oxygens (including phenoxy) is 1. The van der Waals surface area contributed by atoms with Crippen molar-refractivity contribution < 1.29 is 19.4 Å². The van der Waals surface area contributed by atoms with Gasteiger partial charge in [0.1, 0.15) is 11.5 Å². The molecule has 0 saturated heterocycles. The van der Waals surface area contributed by atoms with Crippen molar-refractivity contribution in [3.05, 3.63) is 10.6 Å². The van der Waals surface area contributed by atoms with Crippen LogP contribution in [-0.4, -0.2) is 35.7 Å². The third-order valence-electron chi connectivity index (χ3n) is 2.18. The van der Waals surface area contributed by atoms with Gasteiger partial charge >= 0.3 is 5.97 Å². The molecule has 1 heterocycles. The molecule has 1 rings (SSSR count). The van der Waals surface area contributed by atoms with Crippen LogP contribution in [0.5, 0.6) is 0 Å². The summed E-state index contributed by atoms with van der Waals surface area (Å²) in [6.07, 6.45) is 2.44. The number of hydrogen-bond acceptors (Lipinski definition) is 5. The molecule has 0 aliphatic carbocycles. The van der Waals surface area contributed by atoms with E-state index >= 15 is 0 Å². The Kier molecular flexibility index (Phi) is 5.73. The lowest BCUT2D eigenvalue weighted by Gasteiger charge is -1.98. The first kappa shape index (κ1) is 14.6. The number of methoxy groups -OCH3 is 1. The van der Waals surface area contributed by atoms with Gasteiger partial charge in [0.15, 0.2) is 5.13 Å². The van der Waals surface area contributed by atoms with Crippen molar-refractivity contribution in [2.45, 2.75) is 26.2 Å². The quantitative estimate of drug-likeness (QED) is 0.789. The molecule has 1 amide bonds. The average molecular weight is 272 g/mol. The third-order valence-corrected chi connectivity index (χ3v) is 3.18. The number of carbonyl (C=O) groups excluding carboxylic acids is 1. The van der Waals surface area contributed by atoms with E-state index in [-0.39, 0.29) is 17.4 Å². The fourth-order valence-corrected chi connectivity index (χ4v) is 2.24. The van der Waals surface area contributed by atoms with E-state index in [1.54, 1.807) is 0 Å². The first-order valence-corrected chi connectivity index (χ1v) is 6.41. The Morgan fingerprint density at radius 2 is 2.22 bits per heavy atom. The maximum absolute atomic E-state index is 11.3. The van der Waals surface area contributed by atoms with Crippen molar-refractivity contribution in [2.75, 3.05) is 19.0 Å². The molecule has 6 nitrogen and oxygen atoms in total. The van der Waals surface area contributed by atoms with E-state index in [1.807, 2.05) is 6.92 Å². The Bertz CT molecular complexity index is 431. The minimum atomic E-state index is -1.01. The summed E-state index contributed by atoms with van der Waals surface area (Å²) in [5.74, 6) is -1.35. The van der Waals surface area contributed by atoms with Crippen LogP contribution >= 0.6 is 11.3 Å². The van der Waals surface area contributed by atoms with Crippen LogP contribution in [0.4, 0.5) is 5.13 Å². The van der Waals surface area contributed by atoms with Crippen LogP contribution in [0.25, 0.3) is 0 Å². The lowest BCUT2D eigenvalue weighted by atomic mass is 10.2. The van der Waals surface area contributed by atoms with Crippen molar-refractivity contribution in [1.82, 2.24) is 4.98 Å². The number of aromatic nitrogens is 1. The zero-order valence-electron chi connectivity index (χ0n) is 10.4. The van der Waals surface area contributed by atoms with Gasteiger partial charge in [-0.1, -0.05) is 24.7 Å². The maximum atomic E-state index is 11.3. The van der Waals surface area contributed by atoms with E-state index < -0.39 is 5.97 Å². The van der Waals surface area contributed by atoms with E-state index in [9.17, 15) is 9.59 Å². The number of hydrogen-bond donors (Lipinski definition) is 2. The van der Waals surface area contributed by atoms with Gasteiger partial charge in [0.05, 0.1) is 5.69 Å². The van der Waals surface area contributed by atoms with Crippen LogP contribution in [0, 0.1) is 0 Å². The zero-order chi connectivity index (χ0) is 13.5. The number of aromatic carboxylic acids is 1. The molecule has 0 saturated carbocycles. The van der Waals surface area contributed by atoms with Crippen molar-refractivity contribution >= 4 is 28.3 Å². The van der Waals surface area contributed by atoms with Gasteiger partial charge in [-0.3, -0.25) is 10.1 Å². The Morgan fingerprint density at radius 3 is 2.78 bits per heavy atom. The van der Waals surface area contributed by atoms with Crippen LogP contribution in [0.3, 0.4) is 0 Å². The Balaban J connectivity index is 2.81. The van der Waals surface area contributed by atoms with Crippen LogP contribution < -0.4 is 5.32 Å². The molecule has 0 aromatic carbocycles. The van der Waals surface area contributed by atoms with Crippen molar-refractivity contribution in [2.24, 2.45) is 0 Å². The van der Waals surface area contributed by atoms with Gasteiger partial charge in [0.2, 0.25) is 0 Å². The van der Waals surface area contributed by atoms with Crippen molar-refractivity contribution in [3.8, 4) is 0 Å². The highest BCUT2D eigenvalue weighted by molar-refractivity contribution is 7.17. The highest BCUT2D eigenvalue weighted by atomic mass is 32.1. The maximum Gasteiger partial charge on any atom is 0.347 e. The zero-order valence-corrected chi connectivity index (χ0v) is 11.2. The minimum Gasteiger partial charge on any atom is -0.477 e. The number of aryl methyl sites for hydroxylation is 1. The van der Waals surface area contributed by atoms with Gasteiger partial charge in [-0.15, -0.1) is 0 Å². The molecule has 0 radical (unpaired) electrons. The Hall–Kier alpha value is -1.47. The molecule has 7 heteroatoms. The molecule has 0 bridgehead atoms. The van der Waals surface area contributed by atoms with E-state index in [0.717, 1.165) is 24.2 Å². The molecule has 18 heavy (non-hydrogen) atoms. The molecule has 1 aromatic heterocycles. The average Bonchev–Trinajstić information content (AvgIpc) is 2.69. The molecule has 0 aliphatic rings. The van der Waals surface area contributed by atoms with Crippen LogP contribution in [0.15, 0.2) is 0 Å². The lowest BCUT2D eigenvalue weighted by Crippen LogP contribution is -2.16. The fraction of sp³-hybridized carbons (Fsp3) is 0.545. The Labute approximate surface area is 109 Å². The molecular formula is C11H16N2O4S. The summed E-state index contributed by atoms with van der Waals surface area (Å²) in [6, 6.07) is 0. The van der Waals surface area contributed by atoms with E-state index in [1.165, 1.54) is 7.11 Å². The van der Waals surface area contributed by atoms with Gasteiger partial charge in [0.25, 0.3) is 5.91 Å². The minimum absolute atomic E-state index is 0.0771. The second-order valence-corrected chi connectivity index (χ2v) is 4.68. The number of nitrogens with one attached hydrogen (secondary N) is 1. The normalized spacial score (nSPS) is 10.3. The topological polar surface area (TPSA) is 88.5 Å². The summed E-state index contributed by atoms with van der Waals surface area (Å²) < 4.78 is 4.67. The summed E-state index contributed by atoms with van der Waals surface area (Å²) in [7, 11) is 1.41. The molecule has 1 aromatic rings. The molecule has 100 valence electrons. The Morgan fingerprint density at radius 1 is 1.50 bits per heavy atom. The number of carboxylic acids is 1. The second-order valence-electron chi connectivity index (χ2n) is 3.68. The number of amides is 1. The van der Waals surface area contributed by atoms with Crippen LogP contribution in [0.2, 0.25) is 0 Å². The largest absolute Gasteiger partial charge is 0.477 e. The van der Waals surface area contributed by atoms with E-state index in [0.29, 0.717) is 17.2 Å². The standard InChI is InChI=1S/C11H16N2O4S/c1-3-4-5-7-9(10(15)16)18-11(12-7)13-8(14)6-17-2/h3-6H2,1-2H3,(H,15,16)(H,12,13,14). The number of anilines is 1. The molecule has 0 fully saturated rings. The first-order chi connectivity index (χ1) is 8.58. The third kappa shape index (κ3) is 4.08. The molecule has 0 unspecified atom stereocenters. The first-order valence-electron chi connectivity index (χ1n) is 5.60. The van der Waals surface area contributed by atoms with Crippen molar-refractivity contribution in [1.29, 1.82) is 0 Å². The monoisotopic (exact) mass is 272 g/mol. The van der Waals surface area contributed by atoms with Gasteiger partial charge in [-0.2, -0.15) is 0 Å². The smallest absolute Gasteiger partial charge is 0.347 e. The van der Waals surface area contributed by atoms with Crippen LogP contribution in [0.1, 0.15) is 35.1 Å². The number of nitrogens with zero attached hydrogens (tertiary/aromatic N) is 1. The van der Waals surface area contributed by atoms with Gasteiger partial charge in [-0.05, 0) is 12.8 Å². The number of carboxylic acid groups (broad SMARTS) is 1. The molecule has 0 aliphatic heterocycles. The summed E-state index contributed by atoms with van der Waals surface area (Å²) in [4.78, 5) is 26.7. The summed E-state index contributed by atoms with van der Waals surface area (Å²) >= 11 is 0.974. The van der Waals surface area contributed by atoms with Gasteiger partial charge < -0.3 is 9.84 Å². The van der Waals surface area contributed by atoms with Gasteiger partial charge in [0, 0.05) is 7.11 Å². The number of carbonyl (C=O) groups is 2. The molecule has 0 atom stereocenters. The predicted octanol–water partition coefficient (Wildman–Crippen LogP) is 1.77. The summed E-state index contributed by atoms with van der Waals surface area (Å²) in [5.41, 5.74) is 0.530. The highest BCUT2D eigenvalue weighted by Gasteiger charge is 2.17. The highest BCUT2D eigenvalue weighted by Crippen LogP contribution is 2.24. The van der Waals surface area contributed by atoms with Crippen molar-refractivity contribution in [3.63, 3.8) is 0 Å². The fourth-order valence-electron chi connectivity index (χ4n) is 1.37. The second kappa shape index (κ2) is 7.07. The number of rotatable bonds is 7.